The molecule has 1 fully saturated rings. The summed E-state index contributed by atoms with van der Waals surface area (Å²) in [4.78, 5) is 40.7. The molecule has 1 atom stereocenters. The SMILES string of the molecule is O=NC(=O)Cc1nc(N2CCOC(CF)C2)cc(=O)[nH]1. The first-order valence-corrected chi connectivity index (χ1v) is 6.01. The van der Waals surface area contributed by atoms with Gasteiger partial charge in [0.05, 0.1) is 13.0 Å². The number of morpholine rings is 1. The van der Waals surface area contributed by atoms with E-state index in [2.05, 4.69) is 15.1 Å². The summed E-state index contributed by atoms with van der Waals surface area (Å²) in [7, 11) is 0. The lowest BCUT2D eigenvalue weighted by Crippen LogP contribution is -2.44. The van der Waals surface area contributed by atoms with Crippen LogP contribution in [0.15, 0.2) is 16.0 Å². The molecule has 0 aliphatic carbocycles. The summed E-state index contributed by atoms with van der Waals surface area (Å²) in [6, 6.07) is 1.25. The fraction of sp³-hybridized carbons (Fsp3) is 0.545. The van der Waals surface area contributed by atoms with Crippen LogP contribution in [0.1, 0.15) is 5.82 Å². The van der Waals surface area contributed by atoms with E-state index in [0.29, 0.717) is 19.0 Å². The number of nitrogens with zero attached hydrogens (tertiary/aromatic N) is 3. The smallest absolute Gasteiger partial charge is 0.293 e. The van der Waals surface area contributed by atoms with Gasteiger partial charge in [-0.25, -0.2) is 9.37 Å². The van der Waals surface area contributed by atoms with Crippen LogP contribution in [0.5, 0.6) is 0 Å². The van der Waals surface area contributed by atoms with Gasteiger partial charge < -0.3 is 14.6 Å². The minimum absolute atomic E-state index is 0.0559. The molecule has 108 valence electrons. The molecule has 20 heavy (non-hydrogen) atoms. The molecule has 1 aromatic heterocycles. The van der Waals surface area contributed by atoms with Crippen molar-refractivity contribution in [2.24, 2.45) is 5.18 Å². The first-order valence-electron chi connectivity index (χ1n) is 6.01. The zero-order valence-electron chi connectivity index (χ0n) is 10.5. The number of hydrogen-bond acceptors (Lipinski definition) is 6. The number of carbonyl (C=O) groups excluding carboxylic acids is 1. The summed E-state index contributed by atoms with van der Waals surface area (Å²) in [5.74, 6) is -0.543. The van der Waals surface area contributed by atoms with Gasteiger partial charge >= 0.3 is 0 Å². The molecule has 1 saturated heterocycles. The maximum absolute atomic E-state index is 12.6. The zero-order chi connectivity index (χ0) is 14.5. The van der Waals surface area contributed by atoms with Gasteiger partial charge in [0.1, 0.15) is 24.4 Å². The lowest BCUT2D eigenvalue weighted by molar-refractivity contribution is -0.117. The van der Waals surface area contributed by atoms with Gasteiger partial charge in [0.2, 0.25) is 0 Å². The Morgan fingerprint density at radius 1 is 1.65 bits per heavy atom. The Hall–Kier alpha value is -2.16. The summed E-state index contributed by atoms with van der Waals surface area (Å²) in [5, 5.41) is 2.25. The molecule has 1 aliphatic heterocycles. The third-order valence-electron chi connectivity index (χ3n) is 2.83. The van der Waals surface area contributed by atoms with Crippen LogP contribution in [0.4, 0.5) is 10.2 Å². The number of amides is 1. The van der Waals surface area contributed by atoms with Crippen LogP contribution >= 0.6 is 0 Å². The highest BCUT2D eigenvalue weighted by Crippen LogP contribution is 2.14. The van der Waals surface area contributed by atoms with Crippen molar-refractivity contribution in [2.75, 3.05) is 31.3 Å². The van der Waals surface area contributed by atoms with E-state index < -0.39 is 24.2 Å². The van der Waals surface area contributed by atoms with Crippen molar-refractivity contribution in [1.29, 1.82) is 0 Å². The first kappa shape index (κ1) is 14.3. The van der Waals surface area contributed by atoms with Gasteiger partial charge in [-0.05, 0) is 0 Å². The fourth-order valence-electron chi connectivity index (χ4n) is 1.94. The van der Waals surface area contributed by atoms with E-state index in [0.717, 1.165) is 0 Å². The van der Waals surface area contributed by atoms with Gasteiger partial charge in [0.15, 0.2) is 0 Å². The number of ether oxygens (including phenoxy) is 1. The Bertz CT molecular complexity index is 562. The highest BCUT2D eigenvalue weighted by atomic mass is 19.1. The van der Waals surface area contributed by atoms with E-state index in [4.69, 9.17) is 4.74 Å². The first-order chi connectivity index (χ1) is 9.62. The number of alkyl halides is 1. The normalized spacial score (nSPS) is 18.9. The third kappa shape index (κ3) is 3.44. The molecule has 8 nitrogen and oxygen atoms in total. The van der Waals surface area contributed by atoms with E-state index in [1.54, 1.807) is 4.90 Å². The minimum Gasteiger partial charge on any atom is -0.372 e. The average Bonchev–Trinajstić information content (AvgIpc) is 2.46. The number of carbonyl (C=O) groups is 1. The number of aromatic nitrogens is 2. The van der Waals surface area contributed by atoms with Crippen LogP contribution in [0.3, 0.4) is 0 Å². The molecule has 1 aromatic rings. The van der Waals surface area contributed by atoms with Crippen molar-refractivity contribution in [1.82, 2.24) is 9.97 Å². The monoisotopic (exact) mass is 284 g/mol. The molecule has 9 heteroatoms. The average molecular weight is 284 g/mol. The van der Waals surface area contributed by atoms with Crippen LogP contribution in [-0.4, -0.2) is 48.4 Å². The van der Waals surface area contributed by atoms with Gasteiger partial charge in [-0.15, -0.1) is 4.91 Å². The maximum Gasteiger partial charge on any atom is 0.293 e. The molecule has 0 bridgehead atoms. The predicted molar refractivity (Wildman–Crippen MR) is 67.3 cm³/mol. The Labute approximate surface area is 112 Å². The van der Waals surface area contributed by atoms with Crippen molar-refractivity contribution >= 4 is 11.7 Å². The summed E-state index contributed by atoms with van der Waals surface area (Å²) < 4.78 is 17.8. The molecule has 0 radical (unpaired) electrons. The Morgan fingerprint density at radius 3 is 3.15 bits per heavy atom. The maximum atomic E-state index is 12.6. The second-order valence-electron chi connectivity index (χ2n) is 4.31. The number of rotatable bonds is 4. The number of nitroso groups, excluding NO2 is 1. The van der Waals surface area contributed by atoms with E-state index >= 15 is 0 Å². The Morgan fingerprint density at radius 2 is 2.45 bits per heavy atom. The Kier molecular flexibility index (Phi) is 4.51. The molecular weight excluding hydrogens is 271 g/mol. The molecule has 1 aliphatic rings. The van der Waals surface area contributed by atoms with Crippen LogP contribution in [0, 0.1) is 4.91 Å². The lowest BCUT2D eigenvalue weighted by atomic mass is 10.3. The molecule has 1 amide bonds. The number of halogens is 1. The molecule has 1 unspecified atom stereocenters. The van der Waals surface area contributed by atoms with Crippen LogP contribution < -0.4 is 10.5 Å². The van der Waals surface area contributed by atoms with E-state index in [9.17, 15) is 18.9 Å². The minimum atomic E-state index is -0.922. The molecule has 0 spiro atoms. The number of nitrogens with one attached hydrogen (secondary N) is 1. The van der Waals surface area contributed by atoms with Gasteiger partial charge in [-0.2, -0.15) is 0 Å². The van der Waals surface area contributed by atoms with Crippen LogP contribution in [-0.2, 0) is 16.0 Å². The fourth-order valence-corrected chi connectivity index (χ4v) is 1.94. The molecule has 2 rings (SSSR count). The Balaban J connectivity index is 2.20. The largest absolute Gasteiger partial charge is 0.372 e. The second-order valence-corrected chi connectivity index (χ2v) is 4.31. The van der Waals surface area contributed by atoms with Crippen molar-refractivity contribution in [3.63, 3.8) is 0 Å². The van der Waals surface area contributed by atoms with Crippen molar-refractivity contribution in [3.8, 4) is 0 Å². The molecule has 1 N–H and O–H groups in total. The molecule has 2 heterocycles. The van der Waals surface area contributed by atoms with Crippen molar-refractivity contribution in [2.45, 2.75) is 12.5 Å². The van der Waals surface area contributed by atoms with E-state index in [1.807, 2.05) is 0 Å². The summed E-state index contributed by atoms with van der Waals surface area (Å²) in [5.41, 5.74) is -0.452. The van der Waals surface area contributed by atoms with Crippen LogP contribution in [0.25, 0.3) is 0 Å². The summed E-state index contributed by atoms with van der Waals surface area (Å²) >= 11 is 0. The molecular formula is C11H13FN4O4. The number of H-pyrrole nitrogens is 1. The number of anilines is 1. The van der Waals surface area contributed by atoms with E-state index in [1.165, 1.54) is 6.07 Å². The highest BCUT2D eigenvalue weighted by molar-refractivity contribution is 5.78. The lowest BCUT2D eigenvalue weighted by Gasteiger charge is -2.32. The standard InChI is InChI=1S/C11H13FN4O4/c12-5-7-6-16(1-2-20-7)9-4-10(17)14-8(13-9)3-11(18)15-19/h4,7H,1-3,5-6H2,(H,13,14,17). The van der Waals surface area contributed by atoms with Gasteiger partial charge in [0, 0.05) is 24.3 Å². The second kappa shape index (κ2) is 6.33. The van der Waals surface area contributed by atoms with Crippen molar-refractivity contribution < 1.29 is 13.9 Å². The number of aromatic amines is 1. The third-order valence-corrected chi connectivity index (χ3v) is 2.83. The summed E-state index contributed by atoms with van der Waals surface area (Å²) in [6.07, 6.45) is -0.935. The highest BCUT2D eigenvalue weighted by Gasteiger charge is 2.22. The zero-order valence-corrected chi connectivity index (χ0v) is 10.5. The van der Waals surface area contributed by atoms with Gasteiger partial charge in [-0.1, -0.05) is 0 Å². The van der Waals surface area contributed by atoms with Crippen molar-refractivity contribution in [3.05, 3.63) is 27.2 Å². The molecule has 0 saturated carbocycles. The summed E-state index contributed by atoms with van der Waals surface area (Å²) in [6.45, 7) is 0.436. The topological polar surface area (TPSA) is 105 Å². The number of hydrogen-bond donors (Lipinski definition) is 1. The van der Waals surface area contributed by atoms with Gasteiger partial charge in [-0.3, -0.25) is 9.59 Å². The quantitative estimate of drug-likeness (QED) is 0.766. The molecule has 0 aromatic carbocycles. The van der Waals surface area contributed by atoms with Crippen LogP contribution in [0.2, 0.25) is 0 Å². The predicted octanol–water partition coefficient (Wildman–Crippen LogP) is -0.220. The van der Waals surface area contributed by atoms with E-state index in [-0.39, 0.29) is 18.8 Å². The van der Waals surface area contributed by atoms with Gasteiger partial charge in [0.25, 0.3) is 11.5 Å².